The second-order valence-corrected chi connectivity index (χ2v) is 8.48. The second-order valence-electron chi connectivity index (χ2n) is 8.48. The van der Waals surface area contributed by atoms with Gasteiger partial charge in [-0.1, -0.05) is 12.1 Å². The summed E-state index contributed by atoms with van der Waals surface area (Å²) in [6, 6.07) is 9.75. The minimum absolute atomic E-state index is 0.0166. The summed E-state index contributed by atoms with van der Waals surface area (Å²) in [4.78, 5) is 29.6. The lowest BCUT2D eigenvalue weighted by atomic mass is 10.0. The molecular weight excluding hydrogens is 474 g/mol. The number of piperazine rings is 1. The quantitative estimate of drug-likeness (QED) is 0.326. The van der Waals surface area contributed by atoms with Crippen molar-refractivity contribution >= 4 is 33.8 Å². The van der Waals surface area contributed by atoms with Crippen molar-refractivity contribution in [2.45, 2.75) is 6.04 Å². The van der Waals surface area contributed by atoms with Gasteiger partial charge in [0.25, 0.3) is 0 Å². The Kier molecular flexibility index (Phi) is 5.92. The van der Waals surface area contributed by atoms with Gasteiger partial charge in [0, 0.05) is 38.1 Å². The van der Waals surface area contributed by atoms with E-state index in [1.165, 1.54) is 17.7 Å². The topological polar surface area (TPSA) is 106 Å². The van der Waals surface area contributed by atoms with Crippen molar-refractivity contribution < 1.29 is 28.2 Å². The molecule has 2 N–H and O–H groups in total. The van der Waals surface area contributed by atoms with E-state index >= 15 is 8.78 Å². The monoisotopic (exact) mass is 496 g/mol. The number of carboxylic acid groups (broad SMARTS) is 1. The number of halogens is 2. The van der Waals surface area contributed by atoms with Gasteiger partial charge in [0.1, 0.15) is 28.4 Å². The predicted molar refractivity (Wildman–Crippen MR) is 129 cm³/mol. The predicted octanol–water partition coefficient (Wildman–Crippen LogP) is 3.58. The molecule has 3 heterocycles. The van der Waals surface area contributed by atoms with E-state index in [0.29, 0.717) is 25.4 Å². The van der Waals surface area contributed by atoms with Crippen molar-refractivity contribution in [3.63, 3.8) is 0 Å². The smallest absolute Gasteiger partial charge is 0.497 e. The summed E-state index contributed by atoms with van der Waals surface area (Å²) in [5.74, 6) is -1.33. The van der Waals surface area contributed by atoms with Crippen molar-refractivity contribution in [3.05, 3.63) is 70.0 Å². The molecule has 1 atom stereocenters. The number of nitrogens with zero attached hydrogens (tertiary/aromatic N) is 3. The molecule has 1 fully saturated rings. The van der Waals surface area contributed by atoms with Gasteiger partial charge in [-0.15, -0.1) is 0 Å². The van der Waals surface area contributed by atoms with Gasteiger partial charge in [0.2, 0.25) is 5.43 Å². The number of rotatable bonds is 4. The summed E-state index contributed by atoms with van der Waals surface area (Å²) in [6.45, 7) is 1.22. The van der Waals surface area contributed by atoms with Gasteiger partial charge in [0.05, 0.1) is 18.7 Å². The number of pyridine rings is 2. The number of carbonyl (C=O) groups is 1. The molecule has 0 aliphatic carbocycles. The molecule has 0 radical (unpaired) electrons. The number of nitrogens with one attached hydrogen (secondary N) is 1. The second kappa shape index (κ2) is 9.08. The van der Waals surface area contributed by atoms with E-state index in [-0.39, 0.29) is 33.7 Å². The summed E-state index contributed by atoms with van der Waals surface area (Å²) >= 11 is 0. The number of hydrogen-bond acceptors (Lipinski definition) is 7. The Labute approximate surface area is 203 Å². The average Bonchev–Trinajstić information content (AvgIpc) is 2.86. The molecule has 1 aliphatic rings. The lowest BCUT2D eigenvalue weighted by Gasteiger charge is -2.36. The Balaban J connectivity index is 1.57. The Morgan fingerprint density at radius 2 is 1.97 bits per heavy atom. The standard InChI is InChI=1S/C25H22F2N4O5/c1-30-12-19(36-25(33)34)23(32)16-9-14-10-17(26)22(20(27)21(14)29-24(16)30)31-8-7-28-18(11-31)13-3-5-15(35-2)6-4-13/h3-6,9-10,12,18,28H,7-8,11H2,1-2H3,(H,33,34). The lowest BCUT2D eigenvalue weighted by molar-refractivity contribution is 0.144. The van der Waals surface area contributed by atoms with Gasteiger partial charge in [-0.3, -0.25) is 4.79 Å². The first-order chi connectivity index (χ1) is 17.3. The van der Waals surface area contributed by atoms with Gasteiger partial charge in [0.15, 0.2) is 11.6 Å². The van der Waals surface area contributed by atoms with Crippen LogP contribution in [0.25, 0.3) is 21.9 Å². The number of aromatic nitrogens is 2. The van der Waals surface area contributed by atoms with E-state index in [9.17, 15) is 9.59 Å². The number of benzene rings is 2. The molecule has 2 aromatic heterocycles. The third-order valence-corrected chi connectivity index (χ3v) is 6.28. The van der Waals surface area contributed by atoms with Gasteiger partial charge in [-0.2, -0.15) is 0 Å². The summed E-state index contributed by atoms with van der Waals surface area (Å²) in [7, 11) is 3.10. The lowest BCUT2D eigenvalue weighted by Crippen LogP contribution is -2.46. The van der Waals surface area contributed by atoms with Crippen LogP contribution in [0.2, 0.25) is 0 Å². The van der Waals surface area contributed by atoms with Crippen LogP contribution in [0.3, 0.4) is 0 Å². The van der Waals surface area contributed by atoms with Gasteiger partial charge in [-0.05, 0) is 29.8 Å². The normalized spacial score (nSPS) is 15.9. The van der Waals surface area contributed by atoms with Crippen LogP contribution in [0.1, 0.15) is 11.6 Å². The fraction of sp³-hybridized carbons (Fsp3) is 0.240. The molecule has 1 unspecified atom stereocenters. The molecule has 4 aromatic rings. The highest BCUT2D eigenvalue weighted by Crippen LogP contribution is 2.33. The first-order valence-electron chi connectivity index (χ1n) is 11.1. The molecule has 0 bridgehead atoms. The van der Waals surface area contributed by atoms with E-state index in [4.69, 9.17) is 9.84 Å². The van der Waals surface area contributed by atoms with E-state index in [1.807, 2.05) is 24.3 Å². The zero-order valence-electron chi connectivity index (χ0n) is 19.4. The van der Waals surface area contributed by atoms with Crippen LogP contribution in [0.4, 0.5) is 19.3 Å². The van der Waals surface area contributed by atoms with Crippen LogP contribution < -0.4 is 25.1 Å². The average molecular weight is 496 g/mol. The fourth-order valence-electron chi connectivity index (χ4n) is 4.56. The summed E-state index contributed by atoms with van der Waals surface area (Å²) < 4.78 is 42.2. The van der Waals surface area contributed by atoms with Crippen molar-refractivity contribution in [1.29, 1.82) is 0 Å². The third kappa shape index (κ3) is 4.07. The Morgan fingerprint density at radius 1 is 1.22 bits per heavy atom. The maximum absolute atomic E-state index is 15.8. The molecule has 1 aliphatic heterocycles. The molecule has 0 amide bonds. The van der Waals surface area contributed by atoms with Gasteiger partial charge < -0.3 is 29.4 Å². The van der Waals surface area contributed by atoms with Crippen LogP contribution in [0.5, 0.6) is 11.5 Å². The number of fused-ring (bicyclic) bond motifs is 2. The number of hydrogen-bond donors (Lipinski definition) is 2. The Hall–Kier alpha value is -4.25. The molecule has 11 heteroatoms. The molecule has 0 spiro atoms. The Bertz CT molecular complexity index is 1560. The van der Waals surface area contributed by atoms with E-state index in [0.717, 1.165) is 17.8 Å². The fourth-order valence-corrected chi connectivity index (χ4v) is 4.56. The van der Waals surface area contributed by atoms with E-state index in [1.54, 1.807) is 12.0 Å². The zero-order valence-corrected chi connectivity index (χ0v) is 19.4. The highest BCUT2D eigenvalue weighted by atomic mass is 19.1. The van der Waals surface area contributed by atoms with Crippen molar-refractivity contribution in [1.82, 2.24) is 14.9 Å². The van der Waals surface area contributed by atoms with Gasteiger partial charge in [-0.25, -0.2) is 18.6 Å². The molecule has 186 valence electrons. The zero-order chi connectivity index (χ0) is 25.6. The number of ether oxygens (including phenoxy) is 2. The van der Waals surface area contributed by atoms with Crippen molar-refractivity contribution in [2.24, 2.45) is 7.05 Å². The first kappa shape index (κ1) is 23.5. The molecular formula is C25H22F2N4O5. The van der Waals surface area contributed by atoms with Gasteiger partial charge >= 0.3 is 6.16 Å². The summed E-state index contributed by atoms with van der Waals surface area (Å²) in [6.07, 6.45) is -0.485. The highest BCUT2D eigenvalue weighted by molar-refractivity contribution is 5.94. The maximum Gasteiger partial charge on any atom is 0.511 e. The summed E-state index contributed by atoms with van der Waals surface area (Å²) in [5, 5.41) is 12.3. The minimum atomic E-state index is -1.65. The number of anilines is 1. The number of aryl methyl sites for hydroxylation is 1. The Morgan fingerprint density at radius 3 is 2.67 bits per heavy atom. The molecule has 1 saturated heterocycles. The first-order valence-corrected chi connectivity index (χ1v) is 11.1. The molecule has 9 nitrogen and oxygen atoms in total. The van der Waals surface area contributed by atoms with E-state index in [2.05, 4.69) is 15.0 Å². The SMILES string of the molecule is COc1ccc(C2CN(c3c(F)cc4cc5c(=O)c(OC(=O)O)cn(C)c5nc4c3F)CCN2)cc1. The molecule has 36 heavy (non-hydrogen) atoms. The molecule has 2 aromatic carbocycles. The van der Waals surface area contributed by atoms with Crippen LogP contribution in [-0.2, 0) is 7.05 Å². The van der Waals surface area contributed by atoms with Crippen LogP contribution >= 0.6 is 0 Å². The highest BCUT2D eigenvalue weighted by Gasteiger charge is 2.27. The van der Waals surface area contributed by atoms with E-state index < -0.39 is 29.0 Å². The molecule has 5 rings (SSSR count). The molecule has 0 saturated carbocycles. The van der Waals surface area contributed by atoms with Crippen molar-refractivity contribution in [2.75, 3.05) is 31.6 Å². The third-order valence-electron chi connectivity index (χ3n) is 6.28. The van der Waals surface area contributed by atoms with Crippen molar-refractivity contribution in [3.8, 4) is 11.5 Å². The minimum Gasteiger partial charge on any atom is -0.497 e. The van der Waals surface area contributed by atoms with Crippen LogP contribution in [0, 0.1) is 11.6 Å². The maximum atomic E-state index is 15.8. The largest absolute Gasteiger partial charge is 0.511 e. The van der Waals surface area contributed by atoms with Crippen LogP contribution in [-0.4, -0.2) is 47.6 Å². The summed E-state index contributed by atoms with van der Waals surface area (Å²) in [5.41, 5.74) is 0.0403. The van der Waals surface area contributed by atoms with Crippen LogP contribution in [0.15, 0.2) is 47.4 Å². The number of methoxy groups -OCH3 is 1.